The van der Waals surface area contributed by atoms with Crippen molar-refractivity contribution < 1.29 is 28.8 Å². The van der Waals surface area contributed by atoms with E-state index in [2.05, 4.69) is 46.8 Å². The first kappa shape index (κ1) is 31.7. The lowest BCUT2D eigenvalue weighted by Crippen LogP contribution is -2.54. The first-order chi connectivity index (χ1) is 19.5. The molecule has 9 atom stereocenters. The van der Waals surface area contributed by atoms with Gasteiger partial charge < -0.3 is 28.8 Å². The summed E-state index contributed by atoms with van der Waals surface area (Å²) in [6, 6.07) is 0. The third-order valence-corrected chi connectivity index (χ3v) is 12.0. The van der Waals surface area contributed by atoms with Gasteiger partial charge in [-0.15, -0.1) is 0 Å². The standard InChI is InChI=1S/C35H58O6/c1-23(2)18-26(36)19-24(3)30-21-31(41-35(38-7)14-16-39-17-15-35)32-28-9-8-25-20-27(40-22-37-6)10-12-33(25,4)29(28)11-13-34(30,32)5/h8,21,23-24,26-29,31-32,36H,9-20,22H2,1-7H3/t24-,26?,27+,28-,29+,31-,32-,33+,34-/m1/s1. The number of rotatable bonds is 11. The summed E-state index contributed by atoms with van der Waals surface area (Å²) in [5, 5.41) is 10.9. The maximum absolute atomic E-state index is 10.9. The Morgan fingerprint density at radius 2 is 1.73 bits per heavy atom. The highest BCUT2D eigenvalue weighted by atomic mass is 16.7. The molecule has 41 heavy (non-hydrogen) atoms. The van der Waals surface area contributed by atoms with Crippen molar-refractivity contribution in [3.05, 3.63) is 23.3 Å². The molecule has 0 radical (unpaired) electrons. The topological polar surface area (TPSA) is 66.4 Å². The van der Waals surface area contributed by atoms with Crippen LogP contribution in [0.5, 0.6) is 0 Å². The zero-order valence-corrected chi connectivity index (χ0v) is 27.0. The first-order valence-electron chi connectivity index (χ1n) is 16.6. The summed E-state index contributed by atoms with van der Waals surface area (Å²) in [7, 11) is 3.51. The normalized spacial score (nSPS) is 39.8. The number of aliphatic hydroxyl groups excluding tert-OH is 1. The third-order valence-electron chi connectivity index (χ3n) is 12.0. The number of ether oxygens (including phenoxy) is 5. The van der Waals surface area contributed by atoms with Gasteiger partial charge in [-0.2, -0.15) is 0 Å². The smallest absolute Gasteiger partial charge is 0.173 e. The van der Waals surface area contributed by atoms with Gasteiger partial charge in [-0.3, -0.25) is 0 Å². The highest BCUT2D eigenvalue weighted by Crippen LogP contribution is 2.66. The van der Waals surface area contributed by atoms with Crippen LogP contribution in [0, 0.1) is 40.4 Å². The van der Waals surface area contributed by atoms with Gasteiger partial charge in [0.05, 0.1) is 31.5 Å². The monoisotopic (exact) mass is 574 g/mol. The van der Waals surface area contributed by atoms with Crippen molar-refractivity contribution in [2.45, 2.75) is 123 Å². The lowest BCUT2D eigenvalue weighted by molar-refractivity contribution is -0.282. The van der Waals surface area contributed by atoms with Gasteiger partial charge in [-0.05, 0) is 85.9 Å². The van der Waals surface area contributed by atoms with Gasteiger partial charge >= 0.3 is 0 Å². The molecule has 0 spiro atoms. The molecule has 3 fully saturated rings. The fourth-order valence-electron chi connectivity index (χ4n) is 9.91. The second kappa shape index (κ2) is 12.7. The number of aliphatic hydroxyl groups is 1. The van der Waals surface area contributed by atoms with Crippen LogP contribution in [-0.2, 0) is 23.7 Å². The molecule has 0 amide bonds. The minimum absolute atomic E-state index is 0.0190. The summed E-state index contributed by atoms with van der Waals surface area (Å²) in [6.45, 7) is 13.6. The summed E-state index contributed by atoms with van der Waals surface area (Å²) in [4.78, 5) is 0. The van der Waals surface area contributed by atoms with E-state index in [0.717, 1.165) is 44.9 Å². The van der Waals surface area contributed by atoms with Crippen molar-refractivity contribution in [1.29, 1.82) is 0 Å². The average Bonchev–Trinajstić information content (AvgIpc) is 3.23. The van der Waals surface area contributed by atoms with Crippen LogP contribution >= 0.6 is 0 Å². The number of hydrogen-bond acceptors (Lipinski definition) is 6. The molecular formula is C35H58O6. The van der Waals surface area contributed by atoms with Crippen molar-refractivity contribution in [1.82, 2.24) is 0 Å². The fraction of sp³-hybridized carbons (Fsp3) is 0.886. The summed E-state index contributed by atoms with van der Waals surface area (Å²) in [5.41, 5.74) is 3.43. The summed E-state index contributed by atoms with van der Waals surface area (Å²) < 4.78 is 30.3. The molecule has 5 aliphatic rings. The minimum Gasteiger partial charge on any atom is -0.393 e. The second-order valence-electron chi connectivity index (χ2n) is 14.9. The largest absolute Gasteiger partial charge is 0.393 e. The van der Waals surface area contributed by atoms with Crippen molar-refractivity contribution in [2.24, 2.45) is 40.4 Å². The zero-order chi connectivity index (χ0) is 29.4. The molecule has 5 rings (SSSR count). The molecule has 2 saturated carbocycles. The molecule has 1 unspecified atom stereocenters. The van der Waals surface area contributed by atoms with Crippen LogP contribution in [0.4, 0.5) is 0 Å². The quantitative estimate of drug-likeness (QED) is 0.211. The maximum atomic E-state index is 10.9. The van der Waals surface area contributed by atoms with Crippen molar-refractivity contribution >= 4 is 0 Å². The van der Waals surface area contributed by atoms with Gasteiger partial charge in [0.15, 0.2) is 5.79 Å². The number of methoxy groups -OCH3 is 2. The Bertz CT molecular complexity index is 952. The molecule has 1 heterocycles. The molecule has 1 N–H and O–H groups in total. The Morgan fingerprint density at radius 3 is 2.41 bits per heavy atom. The van der Waals surface area contributed by atoms with E-state index in [1.165, 1.54) is 24.8 Å². The number of hydrogen-bond donors (Lipinski definition) is 1. The lowest BCUT2D eigenvalue weighted by Gasteiger charge is -2.59. The van der Waals surface area contributed by atoms with E-state index in [-0.39, 0.29) is 29.1 Å². The molecule has 0 aromatic rings. The molecule has 6 nitrogen and oxygen atoms in total. The molecule has 6 heteroatoms. The van der Waals surface area contributed by atoms with Gasteiger partial charge in [-0.25, -0.2) is 0 Å². The van der Waals surface area contributed by atoms with Crippen LogP contribution in [0.1, 0.15) is 98.8 Å². The first-order valence-corrected chi connectivity index (χ1v) is 16.6. The second-order valence-corrected chi connectivity index (χ2v) is 14.9. The molecule has 234 valence electrons. The molecule has 1 aliphatic heterocycles. The zero-order valence-electron chi connectivity index (χ0n) is 27.0. The van der Waals surface area contributed by atoms with Crippen LogP contribution in [0.15, 0.2) is 23.3 Å². The fourth-order valence-corrected chi connectivity index (χ4v) is 9.91. The Morgan fingerprint density at radius 1 is 1.00 bits per heavy atom. The van der Waals surface area contributed by atoms with Crippen LogP contribution in [0.3, 0.4) is 0 Å². The van der Waals surface area contributed by atoms with Gasteiger partial charge in [0, 0.05) is 33.0 Å². The number of fused-ring (bicyclic) bond motifs is 5. The van der Waals surface area contributed by atoms with Gasteiger partial charge in [0.25, 0.3) is 0 Å². The molecule has 1 saturated heterocycles. The summed E-state index contributed by atoms with van der Waals surface area (Å²) in [6.07, 6.45) is 15.2. The van der Waals surface area contributed by atoms with E-state index in [4.69, 9.17) is 23.7 Å². The summed E-state index contributed by atoms with van der Waals surface area (Å²) >= 11 is 0. The van der Waals surface area contributed by atoms with Crippen LogP contribution in [0.25, 0.3) is 0 Å². The van der Waals surface area contributed by atoms with Gasteiger partial charge in [-0.1, -0.05) is 57.9 Å². The predicted molar refractivity (Wildman–Crippen MR) is 161 cm³/mol. The van der Waals surface area contributed by atoms with E-state index >= 15 is 0 Å². The molecule has 4 aliphatic carbocycles. The van der Waals surface area contributed by atoms with E-state index in [0.29, 0.717) is 49.6 Å². The van der Waals surface area contributed by atoms with Gasteiger partial charge in [0.1, 0.15) is 6.79 Å². The van der Waals surface area contributed by atoms with Crippen LogP contribution < -0.4 is 0 Å². The highest BCUT2D eigenvalue weighted by Gasteiger charge is 2.61. The predicted octanol–water partition coefficient (Wildman–Crippen LogP) is 7.06. The van der Waals surface area contributed by atoms with Crippen molar-refractivity contribution in [3.8, 4) is 0 Å². The lowest BCUT2D eigenvalue weighted by atomic mass is 9.46. The van der Waals surface area contributed by atoms with E-state index in [1.54, 1.807) is 19.8 Å². The van der Waals surface area contributed by atoms with Gasteiger partial charge in [0.2, 0.25) is 0 Å². The maximum Gasteiger partial charge on any atom is 0.173 e. The Balaban J connectivity index is 1.44. The third kappa shape index (κ3) is 6.13. The highest BCUT2D eigenvalue weighted by molar-refractivity contribution is 5.34. The van der Waals surface area contributed by atoms with E-state index in [1.807, 2.05) is 0 Å². The Labute approximate surface area is 249 Å². The molecule has 0 aromatic carbocycles. The summed E-state index contributed by atoms with van der Waals surface area (Å²) in [5.74, 6) is 1.87. The number of allylic oxidation sites excluding steroid dienone is 2. The Hall–Kier alpha value is -0.760. The van der Waals surface area contributed by atoms with Crippen molar-refractivity contribution in [2.75, 3.05) is 34.2 Å². The minimum atomic E-state index is -0.584. The van der Waals surface area contributed by atoms with Crippen LogP contribution in [-0.4, -0.2) is 63.4 Å². The van der Waals surface area contributed by atoms with E-state index < -0.39 is 5.79 Å². The SMILES string of the molecule is COCO[C@H]1CC[C@@]2(C)C(=CC[C@H]3[C@@H]4[C@H](OC5(OC)CCOCC5)C=C([C@H](C)CC(O)CC(C)C)[C@@]4(C)CC[C@@H]32)C1. The average molecular weight is 575 g/mol. The molecular weight excluding hydrogens is 516 g/mol. The molecule has 0 aromatic heterocycles. The van der Waals surface area contributed by atoms with Crippen LogP contribution in [0.2, 0.25) is 0 Å². The van der Waals surface area contributed by atoms with E-state index in [9.17, 15) is 5.11 Å². The van der Waals surface area contributed by atoms with Crippen molar-refractivity contribution in [3.63, 3.8) is 0 Å². The Kier molecular flexibility index (Phi) is 9.80. The molecule has 0 bridgehead atoms.